The number of fused-ring (bicyclic) bond motifs is 1. The van der Waals surface area contributed by atoms with Crippen molar-refractivity contribution in [1.82, 2.24) is 14.9 Å². The predicted molar refractivity (Wildman–Crippen MR) is 85.4 cm³/mol. The number of pyridine rings is 1. The van der Waals surface area contributed by atoms with Crippen LogP contribution in [0.3, 0.4) is 0 Å². The molecular formula is C18H17N3O. The monoisotopic (exact) mass is 291 g/mol. The van der Waals surface area contributed by atoms with E-state index >= 15 is 0 Å². The molecule has 0 radical (unpaired) electrons. The zero-order chi connectivity index (χ0) is 14.9. The van der Waals surface area contributed by atoms with E-state index in [9.17, 15) is 4.79 Å². The minimum atomic E-state index is 0.0999. The fourth-order valence-corrected chi connectivity index (χ4v) is 2.79. The average Bonchev–Trinajstić information content (AvgIpc) is 3.29. The van der Waals surface area contributed by atoms with Crippen LogP contribution in [0.4, 0.5) is 0 Å². The van der Waals surface area contributed by atoms with E-state index in [0.29, 0.717) is 12.6 Å². The van der Waals surface area contributed by atoms with Gasteiger partial charge in [0.05, 0.1) is 0 Å². The van der Waals surface area contributed by atoms with Gasteiger partial charge in [-0.25, -0.2) is 0 Å². The first-order valence-corrected chi connectivity index (χ1v) is 7.58. The lowest BCUT2D eigenvalue weighted by Crippen LogP contribution is -2.32. The zero-order valence-electron chi connectivity index (χ0n) is 12.2. The van der Waals surface area contributed by atoms with Gasteiger partial charge in [-0.05, 0) is 48.1 Å². The molecule has 1 aliphatic carbocycles. The number of H-pyrrole nitrogens is 1. The van der Waals surface area contributed by atoms with Gasteiger partial charge in [0.1, 0.15) is 0 Å². The molecule has 1 aromatic carbocycles. The Bertz CT molecular complexity index is 805. The van der Waals surface area contributed by atoms with Gasteiger partial charge in [-0.2, -0.15) is 0 Å². The molecule has 1 amide bonds. The Morgan fingerprint density at radius 3 is 2.95 bits per heavy atom. The van der Waals surface area contributed by atoms with Crippen molar-refractivity contribution in [3.63, 3.8) is 0 Å². The Morgan fingerprint density at radius 2 is 2.18 bits per heavy atom. The summed E-state index contributed by atoms with van der Waals surface area (Å²) in [4.78, 5) is 22.2. The van der Waals surface area contributed by atoms with Gasteiger partial charge in [-0.3, -0.25) is 9.78 Å². The van der Waals surface area contributed by atoms with Crippen LogP contribution in [-0.4, -0.2) is 26.8 Å². The normalized spacial score (nSPS) is 14.2. The first kappa shape index (κ1) is 13.1. The van der Waals surface area contributed by atoms with Gasteiger partial charge < -0.3 is 9.88 Å². The van der Waals surface area contributed by atoms with Crippen LogP contribution in [0, 0.1) is 0 Å². The van der Waals surface area contributed by atoms with Gasteiger partial charge in [0.15, 0.2) is 0 Å². The molecule has 1 N–H and O–H groups in total. The maximum atomic E-state index is 12.9. The number of hydrogen-bond acceptors (Lipinski definition) is 2. The molecule has 0 bridgehead atoms. The van der Waals surface area contributed by atoms with Crippen LogP contribution in [0.25, 0.3) is 10.9 Å². The second-order valence-electron chi connectivity index (χ2n) is 5.81. The van der Waals surface area contributed by atoms with E-state index in [0.717, 1.165) is 34.9 Å². The lowest BCUT2D eigenvalue weighted by atomic mass is 10.1. The van der Waals surface area contributed by atoms with Crippen LogP contribution in [0.5, 0.6) is 0 Å². The minimum absolute atomic E-state index is 0.0999. The van der Waals surface area contributed by atoms with Crippen molar-refractivity contribution >= 4 is 16.8 Å². The number of aromatic amines is 1. The number of nitrogens with one attached hydrogen (secondary N) is 1. The number of rotatable bonds is 4. The summed E-state index contributed by atoms with van der Waals surface area (Å²) in [6.07, 6.45) is 7.67. The molecule has 110 valence electrons. The topological polar surface area (TPSA) is 49.0 Å². The molecule has 0 unspecified atom stereocenters. The molecule has 2 aromatic heterocycles. The summed E-state index contributed by atoms with van der Waals surface area (Å²) in [7, 11) is 0. The van der Waals surface area contributed by atoms with E-state index in [-0.39, 0.29) is 5.91 Å². The third-order valence-corrected chi connectivity index (χ3v) is 4.13. The van der Waals surface area contributed by atoms with Crippen LogP contribution in [-0.2, 0) is 6.54 Å². The lowest BCUT2D eigenvalue weighted by molar-refractivity contribution is 0.0730. The molecule has 4 heteroatoms. The van der Waals surface area contributed by atoms with Crippen molar-refractivity contribution in [3.8, 4) is 0 Å². The maximum absolute atomic E-state index is 12.9. The van der Waals surface area contributed by atoms with Crippen molar-refractivity contribution in [3.05, 3.63) is 66.1 Å². The van der Waals surface area contributed by atoms with Gasteiger partial charge in [0.25, 0.3) is 5.91 Å². The number of carbonyl (C=O) groups is 1. The van der Waals surface area contributed by atoms with Crippen molar-refractivity contribution < 1.29 is 4.79 Å². The summed E-state index contributed by atoms with van der Waals surface area (Å²) in [5.41, 5.74) is 2.82. The fourth-order valence-electron chi connectivity index (χ4n) is 2.79. The summed E-state index contributed by atoms with van der Waals surface area (Å²) in [6.45, 7) is 0.625. The Balaban J connectivity index is 1.62. The number of carbonyl (C=O) groups excluding carboxylic acids is 1. The molecule has 1 aliphatic rings. The smallest absolute Gasteiger partial charge is 0.254 e. The molecule has 4 nitrogen and oxygen atoms in total. The Hall–Kier alpha value is -2.62. The molecule has 0 saturated heterocycles. The second-order valence-corrected chi connectivity index (χ2v) is 5.81. The Labute approximate surface area is 128 Å². The molecular weight excluding hydrogens is 274 g/mol. The summed E-state index contributed by atoms with van der Waals surface area (Å²) in [5, 5.41) is 1.13. The van der Waals surface area contributed by atoms with Gasteiger partial charge in [-0.15, -0.1) is 0 Å². The molecule has 1 saturated carbocycles. The lowest BCUT2D eigenvalue weighted by Gasteiger charge is -2.22. The SMILES string of the molecule is O=C(c1ccc2cc[nH]c2c1)N(Cc1cccnc1)C1CC1. The number of benzene rings is 1. The van der Waals surface area contributed by atoms with Crippen molar-refractivity contribution in [2.45, 2.75) is 25.4 Å². The third kappa shape index (κ3) is 2.48. The van der Waals surface area contributed by atoms with Crippen molar-refractivity contribution in [1.29, 1.82) is 0 Å². The van der Waals surface area contributed by atoms with Gasteiger partial charge in [0.2, 0.25) is 0 Å². The van der Waals surface area contributed by atoms with E-state index in [1.54, 1.807) is 6.20 Å². The molecule has 0 aliphatic heterocycles. The highest BCUT2D eigenvalue weighted by molar-refractivity contribution is 5.98. The van der Waals surface area contributed by atoms with Gasteiger partial charge >= 0.3 is 0 Å². The minimum Gasteiger partial charge on any atom is -0.361 e. The average molecular weight is 291 g/mol. The summed E-state index contributed by atoms with van der Waals surface area (Å²) in [5.74, 6) is 0.0999. The fraction of sp³-hybridized carbons (Fsp3) is 0.222. The highest BCUT2D eigenvalue weighted by Crippen LogP contribution is 2.30. The Kier molecular flexibility index (Phi) is 3.15. The molecule has 4 rings (SSSR count). The third-order valence-electron chi connectivity index (χ3n) is 4.13. The second kappa shape index (κ2) is 5.30. The number of hydrogen-bond donors (Lipinski definition) is 1. The van der Waals surface area contributed by atoms with Crippen molar-refractivity contribution in [2.24, 2.45) is 0 Å². The van der Waals surface area contributed by atoms with Crippen LogP contribution >= 0.6 is 0 Å². The predicted octanol–water partition coefficient (Wildman–Crippen LogP) is 3.37. The molecule has 2 heterocycles. The summed E-state index contributed by atoms with van der Waals surface area (Å²) < 4.78 is 0. The number of amides is 1. The molecule has 0 spiro atoms. The molecule has 1 fully saturated rings. The number of aromatic nitrogens is 2. The maximum Gasteiger partial charge on any atom is 0.254 e. The summed E-state index contributed by atoms with van der Waals surface area (Å²) in [6, 6.07) is 12.2. The highest BCUT2D eigenvalue weighted by atomic mass is 16.2. The van der Waals surface area contributed by atoms with Gasteiger partial charge in [-0.1, -0.05) is 12.1 Å². The summed E-state index contributed by atoms with van der Waals surface area (Å²) >= 11 is 0. The van der Waals surface area contributed by atoms with E-state index in [1.165, 1.54) is 0 Å². The highest BCUT2D eigenvalue weighted by Gasteiger charge is 2.33. The number of nitrogens with zero attached hydrogens (tertiary/aromatic N) is 2. The van der Waals surface area contributed by atoms with Gasteiger partial charge in [0, 0.05) is 42.3 Å². The van der Waals surface area contributed by atoms with Crippen LogP contribution in [0.1, 0.15) is 28.8 Å². The molecule has 22 heavy (non-hydrogen) atoms. The largest absolute Gasteiger partial charge is 0.361 e. The van der Waals surface area contributed by atoms with E-state index in [1.807, 2.05) is 53.7 Å². The first-order chi connectivity index (χ1) is 10.8. The molecule has 3 aromatic rings. The van der Waals surface area contributed by atoms with Crippen LogP contribution < -0.4 is 0 Å². The van der Waals surface area contributed by atoms with E-state index in [4.69, 9.17) is 0 Å². The quantitative estimate of drug-likeness (QED) is 0.801. The van der Waals surface area contributed by atoms with Crippen LogP contribution in [0.2, 0.25) is 0 Å². The van der Waals surface area contributed by atoms with Crippen LogP contribution in [0.15, 0.2) is 55.0 Å². The first-order valence-electron chi connectivity index (χ1n) is 7.58. The van der Waals surface area contributed by atoms with Crippen molar-refractivity contribution in [2.75, 3.05) is 0 Å². The zero-order valence-corrected chi connectivity index (χ0v) is 12.2. The Morgan fingerprint density at radius 1 is 1.27 bits per heavy atom. The standard InChI is InChI=1S/C18H17N3O/c22-18(15-4-3-14-7-9-20-17(14)10-15)21(16-5-6-16)12-13-2-1-8-19-11-13/h1-4,7-11,16,20H,5-6,12H2. The molecule has 0 atom stereocenters. The van der Waals surface area contributed by atoms with E-state index in [2.05, 4.69) is 9.97 Å². The van der Waals surface area contributed by atoms with E-state index < -0.39 is 0 Å².